The van der Waals surface area contributed by atoms with Crippen LogP contribution in [0.4, 0.5) is 17.1 Å². The van der Waals surface area contributed by atoms with E-state index < -0.39 is 4.92 Å². The van der Waals surface area contributed by atoms with Gasteiger partial charge in [-0.2, -0.15) is 5.10 Å². The summed E-state index contributed by atoms with van der Waals surface area (Å²) in [6.07, 6.45) is 5.96. The Labute approximate surface area is 139 Å². The SMILES string of the molecule is Cn1cc(N2CCCC(Nc3ccc([N+](=O)[O-])cc3Cl)C2)cn1. The molecule has 0 aliphatic carbocycles. The molecular weight excluding hydrogens is 318 g/mol. The second-order valence-electron chi connectivity index (χ2n) is 5.72. The predicted molar refractivity (Wildman–Crippen MR) is 90.2 cm³/mol. The number of benzene rings is 1. The lowest BCUT2D eigenvalue weighted by Gasteiger charge is -2.34. The summed E-state index contributed by atoms with van der Waals surface area (Å²) >= 11 is 6.16. The van der Waals surface area contributed by atoms with Crippen molar-refractivity contribution in [2.24, 2.45) is 7.05 Å². The predicted octanol–water partition coefficient (Wildman–Crippen LogP) is 3.06. The van der Waals surface area contributed by atoms with Gasteiger partial charge in [-0.15, -0.1) is 0 Å². The van der Waals surface area contributed by atoms with Gasteiger partial charge in [0.05, 0.1) is 27.5 Å². The molecule has 1 aliphatic heterocycles. The van der Waals surface area contributed by atoms with Gasteiger partial charge in [0.1, 0.15) is 0 Å². The molecule has 0 amide bonds. The number of piperidine rings is 1. The van der Waals surface area contributed by atoms with Gasteiger partial charge in [0.2, 0.25) is 0 Å². The van der Waals surface area contributed by atoms with Gasteiger partial charge in [-0.05, 0) is 18.9 Å². The number of nitrogens with zero attached hydrogens (tertiary/aromatic N) is 4. The molecule has 1 N–H and O–H groups in total. The Morgan fingerprint density at radius 2 is 2.30 bits per heavy atom. The molecule has 2 aromatic rings. The van der Waals surface area contributed by atoms with E-state index in [2.05, 4.69) is 15.3 Å². The van der Waals surface area contributed by atoms with Crippen molar-refractivity contribution in [2.75, 3.05) is 23.3 Å². The molecule has 1 fully saturated rings. The molecule has 23 heavy (non-hydrogen) atoms. The minimum absolute atomic E-state index is 0.00109. The maximum Gasteiger partial charge on any atom is 0.271 e. The van der Waals surface area contributed by atoms with Crippen molar-refractivity contribution in [3.05, 3.63) is 45.7 Å². The van der Waals surface area contributed by atoms with Crippen molar-refractivity contribution in [3.63, 3.8) is 0 Å². The van der Waals surface area contributed by atoms with Crippen LogP contribution >= 0.6 is 11.6 Å². The zero-order valence-corrected chi connectivity index (χ0v) is 13.5. The first-order valence-corrected chi connectivity index (χ1v) is 7.85. The summed E-state index contributed by atoms with van der Waals surface area (Å²) in [6.45, 7) is 1.84. The highest BCUT2D eigenvalue weighted by atomic mass is 35.5. The Bertz CT molecular complexity index is 718. The number of rotatable bonds is 4. The molecule has 1 unspecified atom stereocenters. The van der Waals surface area contributed by atoms with E-state index in [1.165, 1.54) is 12.1 Å². The van der Waals surface area contributed by atoms with E-state index in [1.54, 1.807) is 10.7 Å². The summed E-state index contributed by atoms with van der Waals surface area (Å²) in [7, 11) is 1.90. The number of nitrogens with one attached hydrogen (secondary N) is 1. The fourth-order valence-corrected chi connectivity index (χ4v) is 3.08. The number of aryl methyl sites for hydroxylation is 1. The molecule has 2 heterocycles. The molecule has 0 bridgehead atoms. The van der Waals surface area contributed by atoms with Crippen molar-refractivity contribution in [2.45, 2.75) is 18.9 Å². The Kier molecular flexibility index (Phi) is 4.38. The highest BCUT2D eigenvalue weighted by Gasteiger charge is 2.22. The average Bonchev–Trinajstić information content (AvgIpc) is 2.96. The number of anilines is 2. The molecule has 1 saturated heterocycles. The Hall–Kier alpha value is -2.28. The van der Waals surface area contributed by atoms with Gasteiger partial charge < -0.3 is 10.2 Å². The summed E-state index contributed by atoms with van der Waals surface area (Å²) in [5, 5.41) is 18.8. The minimum Gasteiger partial charge on any atom is -0.379 e. The van der Waals surface area contributed by atoms with Crippen molar-refractivity contribution in [3.8, 4) is 0 Å². The third-order valence-corrected chi connectivity index (χ3v) is 4.31. The van der Waals surface area contributed by atoms with Crippen LogP contribution in [0.25, 0.3) is 0 Å². The molecular formula is C15H18ClN5O2. The van der Waals surface area contributed by atoms with Crippen LogP contribution in [0.3, 0.4) is 0 Å². The standard InChI is InChI=1S/C15H18ClN5O2/c1-19-10-13(8-17-19)20-6-2-3-11(9-20)18-15-5-4-12(21(22)23)7-14(15)16/h4-5,7-8,10-11,18H,2-3,6,9H2,1H3. The Morgan fingerprint density at radius 3 is 2.96 bits per heavy atom. The van der Waals surface area contributed by atoms with E-state index in [0.717, 1.165) is 37.3 Å². The number of nitro benzene ring substituents is 1. The number of nitro groups is 1. The second-order valence-corrected chi connectivity index (χ2v) is 6.13. The fraction of sp³-hybridized carbons (Fsp3) is 0.400. The van der Waals surface area contributed by atoms with Crippen LogP contribution in [0.15, 0.2) is 30.6 Å². The maximum atomic E-state index is 10.8. The summed E-state index contributed by atoms with van der Waals surface area (Å²) in [5.74, 6) is 0. The molecule has 0 saturated carbocycles. The number of aromatic nitrogens is 2. The lowest BCUT2D eigenvalue weighted by Crippen LogP contribution is -2.42. The van der Waals surface area contributed by atoms with Crippen molar-refractivity contribution < 1.29 is 4.92 Å². The average molecular weight is 336 g/mol. The smallest absolute Gasteiger partial charge is 0.271 e. The molecule has 1 aromatic heterocycles. The molecule has 3 rings (SSSR count). The van der Waals surface area contributed by atoms with E-state index in [0.29, 0.717) is 5.02 Å². The monoisotopic (exact) mass is 335 g/mol. The Balaban J connectivity index is 1.69. The first-order valence-electron chi connectivity index (χ1n) is 7.47. The largest absolute Gasteiger partial charge is 0.379 e. The van der Waals surface area contributed by atoms with E-state index >= 15 is 0 Å². The third-order valence-electron chi connectivity index (χ3n) is 4.00. The third kappa shape index (κ3) is 3.56. The molecule has 1 aliphatic rings. The minimum atomic E-state index is -0.444. The van der Waals surface area contributed by atoms with Crippen molar-refractivity contribution in [1.82, 2.24) is 9.78 Å². The topological polar surface area (TPSA) is 76.2 Å². The summed E-state index contributed by atoms with van der Waals surface area (Å²) in [6, 6.07) is 4.76. The van der Waals surface area contributed by atoms with Gasteiger partial charge in [0.15, 0.2) is 0 Å². The normalized spacial score (nSPS) is 18.0. The van der Waals surface area contributed by atoms with Gasteiger partial charge in [-0.1, -0.05) is 11.6 Å². The number of hydrogen-bond acceptors (Lipinski definition) is 5. The van der Waals surface area contributed by atoms with Crippen LogP contribution in [0, 0.1) is 10.1 Å². The highest BCUT2D eigenvalue weighted by Crippen LogP contribution is 2.29. The van der Waals surface area contributed by atoms with Crippen LogP contribution in [-0.2, 0) is 7.05 Å². The van der Waals surface area contributed by atoms with Crippen molar-refractivity contribution in [1.29, 1.82) is 0 Å². The second kappa shape index (κ2) is 6.45. The molecule has 122 valence electrons. The zero-order valence-electron chi connectivity index (χ0n) is 12.8. The summed E-state index contributed by atoms with van der Waals surface area (Å²) in [5.41, 5.74) is 1.84. The Morgan fingerprint density at radius 1 is 1.48 bits per heavy atom. The molecule has 7 nitrogen and oxygen atoms in total. The quantitative estimate of drug-likeness (QED) is 0.686. The maximum absolute atomic E-state index is 10.8. The fourth-order valence-electron chi connectivity index (χ4n) is 2.86. The highest BCUT2D eigenvalue weighted by molar-refractivity contribution is 6.33. The van der Waals surface area contributed by atoms with E-state index in [9.17, 15) is 10.1 Å². The number of halogens is 1. The van der Waals surface area contributed by atoms with Crippen molar-refractivity contribution >= 4 is 28.7 Å². The van der Waals surface area contributed by atoms with Crippen LogP contribution in [0.2, 0.25) is 5.02 Å². The van der Waals surface area contributed by atoms with Gasteiger partial charge >= 0.3 is 0 Å². The molecule has 1 atom stereocenters. The summed E-state index contributed by atoms with van der Waals surface area (Å²) < 4.78 is 1.79. The van der Waals surface area contributed by atoms with Gasteiger partial charge in [0.25, 0.3) is 5.69 Å². The molecule has 8 heteroatoms. The van der Waals surface area contributed by atoms with E-state index in [-0.39, 0.29) is 11.7 Å². The van der Waals surface area contributed by atoms with Gasteiger partial charge in [0, 0.05) is 44.5 Å². The van der Waals surface area contributed by atoms with Gasteiger partial charge in [-0.3, -0.25) is 14.8 Å². The van der Waals surface area contributed by atoms with Gasteiger partial charge in [-0.25, -0.2) is 0 Å². The molecule has 0 spiro atoms. The van der Waals surface area contributed by atoms with Crippen LogP contribution in [-0.4, -0.2) is 33.8 Å². The molecule has 1 aromatic carbocycles. The lowest BCUT2D eigenvalue weighted by atomic mass is 10.0. The first-order chi connectivity index (χ1) is 11.0. The summed E-state index contributed by atoms with van der Waals surface area (Å²) in [4.78, 5) is 12.6. The number of non-ortho nitro benzene ring substituents is 1. The molecule has 0 radical (unpaired) electrons. The van der Waals surface area contributed by atoms with E-state index in [4.69, 9.17) is 11.6 Å². The van der Waals surface area contributed by atoms with E-state index in [1.807, 2.05) is 19.4 Å². The van der Waals surface area contributed by atoms with Crippen LogP contribution in [0.1, 0.15) is 12.8 Å². The first kappa shape index (κ1) is 15.6. The van der Waals surface area contributed by atoms with Crippen LogP contribution < -0.4 is 10.2 Å². The van der Waals surface area contributed by atoms with Crippen LogP contribution in [0.5, 0.6) is 0 Å². The number of hydrogen-bond donors (Lipinski definition) is 1. The lowest BCUT2D eigenvalue weighted by molar-refractivity contribution is -0.384. The zero-order chi connectivity index (χ0) is 16.4.